The fourth-order valence-electron chi connectivity index (χ4n) is 36.5. The lowest BCUT2D eigenvalue weighted by Gasteiger charge is -2.57. The second kappa shape index (κ2) is 36.1. The van der Waals surface area contributed by atoms with Crippen LogP contribution in [0.5, 0.6) is 0 Å². The number of ketones is 4. The number of hydrogen-bond acceptors (Lipinski definition) is 14. The summed E-state index contributed by atoms with van der Waals surface area (Å²) < 4.78 is 57.7. The van der Waals surface area contributed by atoms with Crippen LogP contribution in [-0.4, -0.2) is 117 Å². The van der Waals surface area contributed by atoms with E-state index in [0.29, 0.717) is 94.7 Å². The Bertz CT molecular complexity index is 5740. The van der Waals surface area contributed by atoms with Gasteiger partial charge in [0.05, 0.1) is 45.5 Å². The first kappa shape index (κ1) is 94.1. The molecular formula is C114H151F4N9O8. The van der Waals surface area contributed by atoms with Gasteiger partial charge in [0.1, 0.15) is 64.3 Å². The second-order valence-electron chi connectivity index (χ2n) is 49.4. The first-order valence-corrected chi connectivity index (χ1v) is 53.6. The average molecular weight is 1850 g/mol. The highest BCUT2D eigenvalue weighted by Gasteiger charge is 2.65. The van der Waals surface area contributed by atoms with Gasteiger partial charge >= 0.3 is 0 Å². The molecule has 4 heterocycles. The number of carbonyl (C=O) groups excluding carboxylic acids is 4. The fraction of sp³-hybridized carbons (Fsp3) is 0.719. The Morgan fingerprint density at radius 1 is 0.415 bits per heavy atom. The number of para-hydroxylation sites is 2. The van der Waals surface area contributed by atoms with Crippen molar-refractivity contribution in [2.45, 2.75) is 341 Å². The third kappa shape index (κ3) is 17.0. The second-order valence-corrected chi connectivity index (χ2v) is 49.4. The Balaban J connectivity index is 0.000000108. The van der Waals surface area contributed by atoms with Crippen molar-refractivity contribution in [3.8, 4) is 0 Å². The molecule has 0 spiro atoms. The summed E-state index contributed by atoms with van der Waals surface area (Å²) in [6.45, 7) is 16.1. The highest BCUT2D eigenvalue weighted by atomic mass is 19.3. The van der Waals surface area contributed by atoms with Gasteiger partial charge in [0.25, 0.3) is 6.43 Å². The molecule has 0 saturated heterocycles. The minimum absolute atomic E-state index is 0.0349. The first-order valence-electron chi connectivity index (χ1n) is 53.6. The number of benzene rings is 4. The molecule has 0 aliphatic heterocycles. The van der Waals surface area contributed by atoms with Crippen molar-refractivity contribution in [1.29, 1.82) is 0 Å². The predicted molar refractivity (Wildman–Crippen MR) is 515 cm³/mol. The number of hydrogen-bond donors (Lipinski definition) is 4. The molecule has 16 saturated carbocycles. The van der Waals surface area contributed by atoms with Gasteiger partial charge in [-0.3, -0.25) is 24.2 Å². The van der Waals surface area contributed by atoms with Crippen molar-refractivity contribution in [1.82, 2.24) is 44.5 Å². The molecule has 32 atom stereocenters. The topological polar surface area (TPSA) is 241 Å². The number of aliphatic hydroxyl groups is 4. The number of imidazole rings is 1. The third-order valence-electron chi connectivity index (χ3n) is 43.0. The van der Waals surface area contributed by atoms with E-state index in [2.05, 4.69) is 88.9 Å². The Hall–Kier alpha value is -7.20. The van der Waals surface area contributed by atoms with Gasteiger partial charge in [-0.15, -0.1) is 5.10 Å². The molecular weight excluding hydrogens is 1700 g/mol. The lowest BCUT2D eigenvalue weighted by atomic mass is 9.48. The van der Waals surface area contributed by atoms with Gasteiger partial charge in [0.2, 0.25) is 0 Å². The van der Waals surface area contributed by atoms with E-state index >= 15 is 0 Å². The molecule has 4 aromatic carbocycles. The number of aryl methyl sites for hydroxylation is 1. The number of halogens is 4. The smallest absolute Gasteiger partial charge is 0.266 e. The number of aromatic nitrogens is 9. The highest BCUT2D eigenvalue weighted by Crippen LogP contribution is 2.71. The van der Waals surface area contributed by atoms with E-state index in [1.54, 1.807) is 16.8 Å². The fourth-order valence-corrected chi connectivity index (χ4v) is 36.5. The van der Waals surface area contributed by atoms with Gasteiger partial charge in [-0.1, -0.05) is 76.2 Å². The number of pyridine rings is 1. The maximum Gasteiger partial charge on any atom is 0.266 e. The summed E-state index contributed by atoms with van der Waals surface area (Å²) in [5.74, 6) is 15.3. The number of Topliss-reactive ketones (excluding diaryl/α,β-unsaturated/α-hetero) is 4. The number of carbonyl (C=O) groups is 4. The maximum absolute atomic E-state index is 13.7. The van der Waals surface area contributed by atoms with Crippen LogP contribution in [0.15, 0.2) is 97.2 Å². The Morgan fingerprint density at radius 3 is 1.39 bits per heavy atom. The lowest BCUT2D eigenvalue weighted by molar-refractivity contribution is -0.160. The Labute approximate surface area is 796 Å². The monoisotopic (exact) mass is 1850 g/mol. The Morgan fingerprint density at radius 2 is 0.859 bits per heavy atom. The number of fused-ring (bicyclic) bond motifs is 24. The van der Waals surface area contributed by atoms with E-state index < -0.39 is 28.8 Å². The first-order chi connectivity index (χ1) is 64.6. The largest absolute Gasteiger partial charge is 0.390 e. The Kier molecular flexibility index (Phi) is 25.1. The molecule has 17 nitrogen and oxygen atoms in total. The van der Waals surface area contributed by atoms with Gasteiger partial charge in [0, 0.05) is 60.9 Å². The van der Waals surface area contributed by atoms with Crippen LogP contribution in [-0.2, 0) is 52.2 Å². The van der Waals surface area contributed by atoms with E-state index in [1.807, 2.05) is 57.4 Å². The summed E-state index contributed by atoms with van der Waals surface area (Å²) in [6.07, 6.45) is 39.3. The van der Waals surface area contributed by atoms with Crippen LogP contribution in [0.2, 0.25) is 0 Å². The molecule has 21 heteroatoms. The summed E-state index contributed by atoms with van der Waals surface area (Å²) >= 11 is 0. The van der Waals surface area contributed by atoms with Crippen LogP contribution in [0.25, 0.3) is 43.9 Å². The molecule has 0 amide bonds. The van der Waals surface area contributed by atoms with Crippen molar-refractivity contribution in [2.24, 2.45) is 171 Å². The summed E-state index contributed by atoms with van der Waals surface area (Å²) in [6, 6.07) is 27.3. The van der Waals surface area contributed by atoms with Crippen LogP contribution in [0.1, 0.15) is 298 Å². The van der Waals surface area contributed by atoms with Gasteiger partial charge in [-0.25, -0.2) is 27.2 Å². The van der Waals surface area contributed by atoms with Crippen molar-refractivity contribution in [3.05, 3.63) is 120 Å². The van der Waals surface area contributed by atoms with E-state index in [9.17, 15) is 57.2 Å². The van der Waals surface area contributed by atoms with Gasteiger partial charge in [-0.05, 0) is 439 Å². The minimum atomic E-state index is -2.67. The zero-order chi connectivity index (χ0) is 94.0. The van der Waals surface area contributed by atoms with Crippen LogP contribution in [0.4, 0.5) is 17.6 Å². The molecule has 0 bridgehead atoms. The quantitative estimate of drug-likeness (QED) is 0.0741. The minimum Gasteiger partial charge on any atom is -0.390 e. The summed E-state index contributed by atoms with van der Waals surface area (Å²) in [4.78, 5) is 65.3. The van der Waals surface area contributed by atoms with Gasteiger partial charge < -0.3 is 25.0 Å². The molecule has 0 unspecified atom stereocenters. The zero-order valence-corrected chi connectivity index (χ0v) is 81.6. The van der Waals surface area contributed by atoms with Crippen LogP contribution < -0.4 is 0 Å². The maximum atomic E-state index is 13.7. The molecule has 16 aliphatic carbocycles. The SMILES string of the molecule is CC[C@@]1(O)CC[C@H]2[C@H](CC[C@@H]3[C@@H]2CC[C@]2(C)[C@@H](C(=O)Cn4nnc5cc(F)ccc54)CC[C@@H]32)C1.C[C@@]1(O)CC[C@H]2[C@H](CC[C@@H]3[C@@H]2CC[C@]2(C)[C@@H](C(=O)Cc4nccc5ccccc45)CC[C@@H]32)C1.C[C@]12CC[C@H]3[C@@H](CC[C@@H]4C[C@@](O)(C(F)F)CC[C@@H]43)[C@@H]1CC[C@@H]2C(=O)Cn1nc2ccc(F)cc2n1.Cn1c(CC(=O)[C@H]2CC[C@H]3[C@@H]4CC[C@@H]5C[C@](C)(O)CC[C@@H]5[C@H]4CC[C@]23C)nc2ccccc21. The molecule has 16 aliphatic rings. The van der Waals surface area contributed by atoms with Crippen molar-refractivity contribution < 1.29 is 57.2 Å². The summed E-state index contributed by atoms with van der Waals surface area (Å²) in [5, 5.41) is 61.9. The van der Waals surface area contributed by atoms with Gasteiger partial charge in [0.15, 0.2) is 11.6 Å². The van der Waals surface area contributed by atoms with Crippen molar-refractivity contribution >= 4 is 67.0 Å². The summed E-state index contributed by atoms with van der Waals surface area (Å²) in [5.41, 5.74) is 2.53. The van der Waals surface area contributed by atoms with E-state index in [1.165, 1.54) is 137 Å². The van der Waals surface area contributed by atoms with E-state index in [4.69, 9.17) is 4.98 Å². The number of alkyl halides is 2. The number of nitrogens with zero attached hydrogens (tertiary/aromatic N) is 9. The van der Waals surface area contributed by atoms with Crippen LogP contribution >= 0.6 is 0 Å². The molecule has 728 valence electrons. The summed E-state index contributed by atoms with van der Waals surface area (Å²) in [7, 11) is 2.04. The third-order valence-corrected chi connectivity index (χ3v) is 43.0. The predicted octanol–water partition coefficient (Wildman–Crippen LogP) is 23.0. The van der Waals surface area contributed by atoms with Crippen LogP contribution in [0.3, 0.4) is 0 Å². The van der Waals surface area contributed by atoms with Crippen LogP contribution in [0, 0.1) is 175 Å². The lowest BCUT2D eigenvalue weighted by Crippen LogP contribution is -2.53. The number of rotatable bonds is 14. The highest BCUT2D eigenvalue weighted by molar-refractivity contribution is 5.91. The average Bonchev–Trinajstić information content (AvgIpc) is 1.61. The molecule has 24 rings (SSSR count). The van der Waals surface area contributed by atoms with Gasteiger partial charge in [-0.2, -0.15) is 15.0 Å². The van der Waals surface area contributed by atoms with Crippen molar-refractivity contribution in [2.75, 3.05) is 0 Å². The molecule has 4 aromatic heterocycles. The van der Waals surface area contributed by atoms with E-state index in [-0.39, 0.29) is 100 Å². The normalized spacial score (nSPS) is 41.9. The molecule has 4 N–H and O–H groups in total. The standard InChI is InChI=1S/C30H39NO2.C29H40N2O2.C28H38FN3O2.C27H34F3N3O2/c1-29(33)14-11-21-20(18-29)7-8-24-23(21)12-15-30(2)25(24)9-10-26(30)28(32)17-27-22-6-4-3-5-19(22)13-16-31-27;1-28(33)14-12-19-18(17-28)8-9-21-20(19)13-15-29(2)22(21)10-11-23(29)26(32)16-27-30-24-6-4-5-7-25(24)31(27)3;1-3-28(34)13-11-19-17(15-28)4-6-21-20(19)10-12-27(2)22(21)7-8-23(27)26(33)16-32-25-9-5-18(29)14-24(25)30-31-32;1-26-10-8-18-17-9-11-27(35,25(29)30)13-15(17)2-4-19(18)20(26)5-6-21(26)24(34)14-33-31-22-7-3-16(28)12-23(22)32-33/h3-6,13,16,20-21,23-26,33H,7-12,14-15,17-18H2,1-2H3;4-7,18-23,33H,8-17H2,1-3H3;5,9,14,17,19-23,34H,3-4,6-8,10-13,15-16H2,1-2H3;3,7,12,15,17-21,25,35H,2,4-6,8-11,13-14H2,1H3/t20-,21+,23-,24-,25+,26-,29-,30+;18-,19+,20-,21-,22+,23-,28-,29+;17-,19+,20-,21-,22+,23-,27+,28-;15-,17+,18-,19-,20+,21-,26+,27-/m1111/s1. The zero-order valence-electron chi connectivity index (χ0n) is 81.6. The molecule has 135 heavy (non-hydrogen) atoms. The molecule has 0 radical (unpaired) electrons. The molecule has 8 aromatic rings. The van der Waals surface area contributed by atoms with Crippen molar-refractivity contribution in [3.63, 3.8) is 0 Å². The van der Waals surface area contributed by atoms with E-state index in [0.717, 1.165) is 214 Å². The molecule has 16 fully saturated rings.